The molecule has 2 rings (SSSR count). The SMILES string of the molecule is CN(CC1CC1)C1(CN)CCS(=O)(=O)C1. The minimum absolute atomic E-state index is 0.250. The van der Waals surface area contributed by atoms with Crippen molar-refractivity contribution < 1.29 is 8.42 Å². The van der Waals surface area contributed by atoms with Crippen molar-refractivity contribution in [3.8, 4) is 0 Å². The van der Waals surface area contributed by atoms with Gasteiger partial charge in [-0.3, -0.25) is 4.90 Å². The van der Waals surface area contributed by atoms with Gasteiger partial charge in [0, 0.05) is 18.6 Å². The Kier molecular flexibility index (Phi) is 2.81. The van der Waals surface area contributed by atoms with E-state index in [2.05, 4.69) is 4.90 Å². The van der Waals surface area contributed by atoms with Crippen LogP contribution in [0.25, 0.3) is 0 Å². The van der Waals surface area contributed by atoms with Gasteiger partial charge in [-0.15, -0.1) is 0 Å². The highest BCUT2D eigenvalue weighted by Crippen LogP contribution is 2.34. The lowest BCUT2D eigenvalue weighted by Gasteiger charge is -2.36. The van der Waals surface area contributed by atoms with Crippen molar-refractivity contribution in [2.24, 2.45) is 11.7 Å². The van der Waals surface area contributed by atoms with Crippen LogP contribution in [0, 0.1) is 5.92 Å². The highest BCUT2D eigenvalue weighted by Gasteiger charge is 2.45. The zero-order valence-electron chi connectivity index (χ0n) is 9.28. The Morgan fingerprint density at radius 2 is 2.13 bits per heavy atom. The first kappa shape index (κ1) is 11.4. The van der Waals surface area contributed by atoms with Crippen molar-refractivity contribution >= 4 is 9.84 Å². The average molecular weight is 232 g/mol. The number of sulfone groups is 1. The average Bonchev–Trinajstić information content (AvgIpc) is 2.90. The van der Waals surface area contributed by atoms with Crippen LogP contribution in [0.15, 0.2) is 0 Å². The molecule has 2 N–H and O–H groups in total. The summed E-state index contributed by atoms with van der Waals surface area (Å²) >= 11 is 0. The Bertz CT molecular complexity index is 337. The molecule has 0 amide bonds. The monoisotopic (exact) mass is 232 g/mol. The summed E-state index contributed by atoms with van der Waals surface area (Å²) in [6.07, 6.45) is 3.28. The van der Waals surface area contributed by atoms with Crippen LogP contribution in [0.5, 0.6) is 0 Å². The van der Waals surface area contributed by atoms with E-state index in [1.165, 1.54) is 12.8 Å². The zero-order chi connectivity index (χ0) is 11.1. The molecule has 15 heavy (non-hydrogen) atoms. The molecule has 1 unspecified atom stereocenters. The lowest BCUT2D eigenvalue weighted by atomic mass is 9.97. The Balaban J connectivity index is 2.07. The maximum Gasteiger partial charge on any atom is 0.152 e. The number of nitrogens with two attached hydrogens (primary N) is 1. The maximum absolute atomic E-state index is 11.5. The Morgan fingerprint density at radius 1 is 1.47 bits per heavy atom. The lowest BCUT2D eigenvalue weighted by Crippen LogP contribution is -2.53. The van der Waals surface area contributed by atoms with E-state index in [-0.39, 0.29) is 11.3 Å². The van der Waals surface area contributed by atoms with Crippen molar-refractivity contribution in [3.63, 3.8) is 0 Å². The second kappa shape index (κ2) is 3.71. The molecule has 5 heteroatoms. The largest absolute Gasteiger partial charge is 0.329 e. The van der Waals surface area contributed by atoms with Gasteiger partial charge in [-0.05, 0) is 32.2 Å². The summed E-state index contributed by atoms with van der Waals surface area (Å²) in [6.45, 7) is 1.46. The molecule has 2 aliphatic rings. The summed E-state index contributed by atoms with van der Waals surface area (Å²) in [5.74, 6) is 1.33. The van der Waals surface area contributed by atoms with Gasteiger partial charge < -0.3 is 5.73 Å². The van der Waals surface area contributed by atoms with Gasteiger partial charge in [-0.2, -0.15) is 0 Å². The van der Waals surface area contributed by atoms with Crippen LogP contribution in [0.3, 0.4) is 0 Å². The van der Waals surface area contributed by atoms with Crippen molar-refractivity contribution in [1.29, 1.82) is 0 Å². The minimum atomic E-state index is -2.85. The first-order valence-electron chi connectivity index (χ1n) is 5.59. The van der Waals surface area contributed by atoms with Crippen LogP contribution in [0.1, 0.15) is 19.3 Å². The van der Waals surface area contributed by atoms with E-state index >= 15 is 0 Å². The quantitative estimate of drug-likeness (QED) is 0.732. The molecular formula is C10H20N2O2S. The van der Waals surface area contributed by atoms with Gasteiger partial charge in [0.2, 0.25) is 0 Å². The van der Waals surface area contributed by atoms with Gasteiger partial charge in [0.1, 0.15) is 0 Å². The molecule has 0 radical (unpaired) electrons. The van der Waals surface area contributed by atoms with Gasteiger partial charge in [0.25, 0.3) is 0 Å². The fourth-order valence-corrected chi connectivity index (χ4v) is 4.54. The third kappa shape index (κ3) is 2.34. The highest BCUT2D eigenvalue weighted by molar-refractivity contribution is 7.91. The molecular weight excluding hydrogens is 212 g/mol. The van der Waals surface area contributed by atoms with Gasteiger partial charge in [-0.25, -0.2) is 8.42 Å². The smallest absolute Gasteiger partial charge is 0.152 e. The topological polar surface area (TPSA) is 63.4 Å². The molecule has 88 valence electrons. The molecule has 1 saturated carbocycles. The summed E-state index contributed by atoms with van der Waals surface area (Å²) in [5, 5.41) is 0. The normalized spacial score (nSPS) is 34.9. The van der Waals surface area contributed by atoms with Gasteiger partial charge in [-0.1, -0.05) is 0 Å². The molecule has 0 aromatic rings. The molecule has 1 aliphatic carbocycles. The van der Waals surface area contributed by atoms with Crippen LogP contribution in [0.2, 0.25) is 0 Å². The fraction of sp³-hybridized carbons (Fsp3) is 1.00. The third-order valence-corrected chi connectivity index (χ3v) is 5.59. The van der Waals surface area contributed by atoms with E-state index in [1.54, 1.807) is 0 Å². The second-order valence-electron chi connectivity index (χ2n) is 5.09. The van der Waals surface area contributed by atoms with Crippen molar-refractivity contribution in [2.45, 2.75) is 24.8 Å². The zero-order valence-corrected chi connectivity index (χ0v) is 10.1. The van der Waals surface area contributed by atoms with E-state index in [0.29, 0.717) is 18.7 Å². The van der Waals surface area contributed by atoms with E-state index in [0.717, 1.165) is 12.5 Å². The van der Waals surface area contributed by atoms with Crippen molar-refractivity contribution in [1.82, 2.24) is 4.90 Å². The fourth-order valence-electron chi connectivity index (χ4n) is 2.40. The molecule has 1 heterocycles. The molecule has 0 aromatic carbocycles. The standard InChI is InChI=1S/C10H20N2O2S/c1-12(6-9-2-3-9)10(7-11)4-5-15(13,14)8-10/h9H,2-8,11H2,1H3. The molecule has 1 atom stereocenters. The number of likely N-dealkylation sites (N-methyl/N-ethyl adjacent to an activating group) is 1. The van der Waals surface area contributed by atoms with E-state index in [4.69, 9.17) is 5.73 Å². The number of hydrogen-bond acceptors (Lipinski definition) is 4. The molecule has 0 spiro atoms. The van der Waals surface area contributed by atoms with Crippen LogP contribution < -0.4 is 5.73 Å². The van der Waals surface area contributed by atoms with Gasteiger partial charge >= 0.3 is 0 Å². The van der Waals surface area contributed by atoms with Crippen LogP contribution in [0.4, 0.5) is 0 Å². The molecule has 0 aromatic heterocycles. The third-order valence-electron chi connectivity index (χ3n) is 3.79. The lowest BCUT2D eigenvalue weighted by molar-refractivity contribution is 0.145. The molecule has 1 aliphatic heterocycles. The molecule has 2 fully saturated rings. The number of nitrogens with zero attached hydrogens (tertiary/aromatic N) is 1. The summed E-state index contributed by atoms with van der Waals surface area (Å²) in [4.78, 5) is 2.19. The second-order valence-corrected chi connectivity index (χ2v) is 7.28. The molecule has 1 saturated heterocycles. The summed E-state index contributed by atoms with van der Waals surface area (Å²) < 4.78 is 23.1. The molecule has 0 bridgehead atoms. The summed E-state index contributed by atoms with van der Waals surface area (Å²) in [7, 11) is -0.828. The maximum atomic E-state index is 11.5. The van der Waals surface area contributed by atoms with Crippen molar-refractivity contribution in [3.05, 3.63) is 0 Å². The van der Waals surface area contributed by atoms with Crippen molar-refractivity contribution in [2.75, 3.05) is 31.6 Å². The number of rotatable bonds is 4. The Hall–Kier alpha value is -0.130. The van der Waals surface area contributed by atoms with E-state index < -0.39 is 9.84 Å². The summed E-state index contributed by atoms with van der Waals surface area (Å²) in [5.41, 5.74) is 5.50. The van der Waals surface area contributed by atoms with Crippen LogP contribution in [-0.4, -0.2) is 50.5 Å². The summed E-state index contributed by atoms with van der Waals surface area (Å²) in [6, 6.07) is 0. The Labute approximate surface area is 91.7 Å². The first-order chi connectivity index (χ1) is 6.97. The predicted octanol–water partition coefficient (Wildman–Crippen LogP) is -0.156. The van der Waals surface area contributed by atoms with Gasteiger partial charge in [0.05, 0.1) is 11.5 Å². The highest BCUT2D eigenvalue weighted by atomic mass is 32.2. The number of hydrogen-bond donors (Lipinski definition) is 1. The van der Waals surface area contributed by atoms with Gasteiger partial charge in [0.15, 0.2) is 9.84 Å². The molecule has 4 nitrogen and oxygen atoms in total. The Morgan fingerprint density at radius 3 is 2.53 bits per heavy atom. The van der Waals surface area contributed by atoms with Crippen LogP contribution in [-0.2, 0) is 9.84 Å². The van der Waals surface area contributed by atoms with E-state index in [9.17, 15) is 8.42 Å². The van der Waals surface area contributed by atoms with E-state index in [1.807, 2.05) is 7.05 Å². The predicted molar refractivity (Wildman–Crippen MR) is 60.4 cm³/mol. The van der Waals surface area contributed by atoms with Crippen LogP contribution >= 0.6 is 0 Å². The first-order valence-corrected chi connectivity index (χ1v) is 7.41. The minimum Gasteiger partial charge on any atom is -0.329 e.